The van der Waals surface area contributed by atoms with Gasteiger partial charge in [-0.1, -0.05) is 29.5 Å². The zero-order chi connectivity index (χ0) is 22.0. The fourth-order valence-corrected chi connectivity index (χ4v) is 5.82. The number of benzene rings is 2. The van der Waals surface area contributed by atoms with Gasteiger partial charge in [0.15, 0.2) is 0 Å². The number of sulfonamides is 1. The van der Waals surface area contributed by atoms with Crippen molar-refractivity contribution in [3.05, 3.63) is 70.2 Å². The summed E-state index contributed by atoms with van der Waals surface area (Å²) in [6.07, 6.45) is 0.960. The van der Waals surface area contributed by atoms with Crippen LogP contribution in [0.1, 0.15) is 33.6 Å². The Kier molecular flexibility index (Phi) is 6.08. The molecule has 0 spiro atoms. The molecule has 1 aliphatic rings. The van der Waals surface area contributed by atoms with Crippen molar-refractivity contribution in [3.63, 3.8) is 0 Å². The molecule has 1 amide bonds. The van der Waals surface area contributed by atoms with Gasteiger partial charge < -0.3 is 5.32 Å². The van der Waals surface area contributed by atoms with E-state index in [0.29, 0.717) is 23.5 Å². The van der Waals surface area contributed by atoms with Gasteiger partial charge in [-0.2, -0.15) is 4.31 Å². The Morgan fingerprint density at radius 1 is 1.06 bits per heavy atom. The fraction of sp³-hybridized carbons (Fsp3) is 0.250. The van der Waals surface area contributed by atoms with Crippen molar-refractivity contribution in [1.29, 1.82) is 0 Å². The first-order chi connectivity index (χ1) is 14.8. The van der Waals surface area contributed by atoms with Gasteiger partial charge in [0, 0.05) is 24.7 Å². The second-order valence-electron chi connectivity index (χ2n) is 7.02. The number of nitrogens with one attached hydrogen (secondary N) is 1. The number of hydrogen-bond acceptors (Lipinski definition) is 6. The Balaban J connectivity index is 1.40. The summed E-state index contributed by atoms with van der Waals surface area (Å²) in [5, 5.41) is 11.3. The van der Waals surface area contributed by atoms with Crippen LogP contribution in [0.25, 0.3) is 0 Å². The normalized spacial score (nSPS) is 15.7. The van der Waals surface area contributed by atoms with Gasteiger partial charge >= 0.3 is 0 Å². The number of anilines is 1. The lowest BCUT2D eigenvalue weighted by atomic mass is 9.99. The predicted octanol–water partition coefficient (Wildman–Crippen LogP) is 3.64. The summed E-state index contributed by atoms with van der Waals surface area (Å²) >= 11 is 1.12. The number of amides is 1. The lowest BCUT2D eigenvalue weighted by molar-refractivity contribution is 0.102. The third-order valence-electron chi connectivity index (χ3n) is 4.97. The summed E-state index contributed by atoms with van der Waals surface area (Å²) in [5.74, 6) is -1.79. The Labute approximate surface area is 181 Å². The first kappa shape index (κ1) is 21.5. The van der Waals surface area contributed by atoms with Crippen molar-refractivity contribution in [1.82, 2.24) is 14.5 Å². The van der Waals surface area contributed by atoms with Crippen molar-refractivity contribution < 1.29 is 22.0 Å². The third-order valence-corrected chi connectivity index (χ3v) is 7.99. The summed E-state index contributed by atoms with van der Waals surface area (Å²) in [4.78, 5) is 12.0. The van der Waals surface area contributed by atoms with Crippen LogP contribution >= 0.6 is 11.3 Å². The maximum Gasteiger partial charge on any atom is 0.286 e. The van der Waals surface area contributed by atoms with Gasteiger partial charge in [0.1, 0.15) is 21.5 Å². The average Bonchev–Trinajstić information content (AvgIpc) is 3.24. The molecular formula is C20H18F2N4O3S2. The number of rotatable bonds is 5. The molecule has 7 nitrogen and oxygen atoms in total. The topological polar surface area (TPSA) is 92.3 Å². The standard InChI is InChI=1S/C20H18F2N4O3S2/c21-14-4-3-5-15(12-14)23-18(27)20-25-24-19(30-20)13-8-10-26(11-9-13)31(28,29)17-7-2-1-6-16(17)22/h1-7,12-13H,8-11H2,(H,23,27). The highest BCUT2D eigenvalue weighted by Gasteiger charge is 2.33. The summed E-state index contributed by atoms with van der Waals surface area (Å²) in [6.45, 7) is 0.428. The Hall–Kier alpha value is -2.76. The number of aromatic nitrogens is 2. The van der Waals surface area contributed by atoms with Gasteiger partial charge in [-0.25, -0.2) is 17.2 Å². The Morgan fingerprint density at radius 2 is 1.81 bits per heavy atom. The predicted molar refractivity (Wildman–Crippen MR) is 111 cm³/mol. The second-order valence-corrected chi connectivity index (χ2v) is 9.93. The van der Waals surface area contributed by atoms with Crippen LogP contribution in [0.4, 0.5) is 14.5 Å². The molecule has 0 bridgehead atoms. The molecule has 2 heterocycles. The van der Waals surface area contributed by atoms with Crippen molar-refractivity contribution in [2.24, 2.45) is 0 Å². The number of nitrogens with zero attached hydrogens (tertiary/aromatic N) is 3. The molecule has 2 aromatic carbocycles. The lowest BCUT2D eigenvalue weighted by Crippen LogP contribution is -2.38. The highest BCUT2D eigenvalue weighted by atomic mass is 32.2. The molecular weight excluding hydrogens is 446 g/mol. The van der Waals surface area contributed by atoms with E-state index in [1.165, 1.54) is 40.7 Å². The molecule has 31 heavy (non-hydrogen) atoms. The fourth-order valence-electron chi connectivity index (χ4n) is 3.38. The van der Waals surface area contributed by atoms with Crippen LogP contribution in [0.3, 0.4) is 0 Å². The summed E-state index contributed by atoms with van der Waals surface area (Å²) in [5.41, 5.74) is 0.313. The number of carbonyl (C=O) groups is 1. The molecule has 0 unspecified atom stereocenters. The average molecular weight is 465 g/mol. The quantitative estimate of drug-likeness (QED) is 0.623. The first-order valence-corrected chi connectivity index (χ1v) is 11.8. The largest absolute Gasteiger partial charge is 0.320 e. The van der Waals surface area contributed by atoms with E-state index in [4.69, 9.17) is 0 Å². The monoisotopic (exact) mass is 464 g/mol. The molecule has 1 aliphatic heterocycles. The molecule has 0 aliphatic carbocycles. The first-order valence-electron chi connectivity index (χ1n) is 9.49. The van der Waals surface area contributed by atoms with Crippen LogP contribution in [0.2, 0.25) is 0 Å². The molecule has 4 rings (SSSR count). The minimum atomic E-state index is -3.91. The molecule has 1 fully saturated rings. The van der Waals surface area contributed by atoms with Crippen LogP contribution in [0.5, 0.6) is 0 Å². The van der Waals surface area contributed by atoms with Gasteiger partial charge in [0.05, 0.1) is 0 Å². The highest BCUT2D eigenvalue weighted by molar-refractivity contribution is 7.89. The molecule has 0 radical (unpaired) electrons. The lowest BCUT2D eigenvalue weighted by Gasteiger charge is -2.30. The van der Waals surface area contributed by atoms with E-state index in [-0.39, 0.29) is 28.9 Å². The van der Waals surface area contributed by atoms with Crippen molar-refractivity contribution >= 4 is 33.0 Å². The van der Waals surface area contributed by atoms with Crippen LogP contribution in [0, 0.1) is 11.6 Å². The van der Waals surface area contributed by atoms with E-state index in [0.717, 1.165) is 17.4 Å². The van der Waals surface area contributed by atoms with Crippen LogP contribution < -0.4 is 5.32 Å². The van der Waals surface area contributed by atoms with E-state index in [2.05, 4.69) is 15.5 Å². The highest BCUT2D eigenvalue weighted by Crippen LogP contribution is 2.33. The van der Waals surface area contributed by atoms with Gasteiger partial charge in [0.2, 0.25) is 15.0 Å². The number of halogens is 2. The molecule has 0 atom stereocenters. The van der Waals surface area contributed by atoms with E-state index in [1.807, 2.05) is 0 Å². The summed E-state index contributed by atoms with van der Waals surface area (Å²) in [6, 6.07) is 10.8. The second kappa shape index (κ2) is 8.77. The Bertz CT molecular complexity index is 1210. The molecule has 1 aromatic heterocycles. The van der Waals surface area contributed by atoms with Crippen molar-refractivity contribution in [3.8, 4) is 0 Å². The third kappa shape index (κ3) is 4.63. The maximum absolute atomic E-state index is 14.0. The molecule has 1 saturated heterocycles. The number of hydrogen-bond donors (Lipinski definition) is 1. The zero-order valence-electron chi connectivity index (χ0n) is 16.2. The van der Waals surface area contributed by atoms with Crippen LogP contribution in [0.15, 0.2) is 53.4 Å². The Morgan fingerprint density at radius 3 is 2.52 bits per heavy atom. The maximum atomic E-state index is 14.0. The van der Waals surface area contributed by atoms with E-state index >= 15 is 0 Å². The summed E-state index contributed by atoms with van der Waals surface area (Å²) in [7, 11) is -3.91. The minimum Gasteiger partial charge on any atom is -0.320 e. The molecule has 11 heteroatoms. The van der Waals surface area contributed by atoms with Crippen molar-refractivity contribution in [2.75, 3.05) is 18.4 Å². The van der Waals surface area contributed by atoms with Gasteiger partial charge in [-0.15, -0.1) is 10.2 Å². The van der Waals surface area contributed by atoms with Gasteiger partial charge in [-0.3, -0.25) is 4.79 Å². The minimum absolute atomic E-state index is 0.0553. The molecule has 3 aromatic rings. The van der Waals surface area contributed by atoms with E-state index in [9.17, 15) is 22.0 Å². The van der Waals surface area contributed by atoms with Gasteiger partial charge in [0.25, 0.3) is 5.91 Å². The smallest absolute Gasteiger partial charge is 0.286 e. The number of piperidine rings is 1. The molecule has 1 N–H and O–H groups in total. The SMILES string of the molecule is O=C(Nc1cccc(F)c1)c1nnc(C2CCN(S(=O)(=O)c3ccccc3F)CC2)s1. The number of carbonyl (C=O) groups excluding carboxylic acids is 1. The summed E-state index contributed by atoms with van der Waals surface area (Å²) < 4.78 is 53.9. The van der Waals surface area contributed by atoms with Crippen LogP contribution in [-0.2, 0) is 10.0 Å². The van der Waals surface area contributed by atoms with Crippen molar-refractivity contribution in [2.45, 2.75) is 23.7 Å². The zero-order valence-corrected chi connectivity index (χ0v) is 17.8. The van der Waals surface area contributed by atoms with Gasteiger partial charge in [-0.05, 0) is 43.2 Å². The van der Waals surface area contributed by atoms with E-state index in [1.54, 1.807) is 6.07 Å². The van der Waals surface area contributed by atoms with E-state index < -0.39 is 27.6 Å². The molecule has 162 valence electrons. The molecule has 0 saturated carbocycles. The van der Waals surface area contributed by atoms with Crippen LogP contribution in [-0.4, -0.2) is 41.9 Å².